The van der Waals surface area contributed by atoms with Crippen molar-refractivity contribution < 1.29 is 39.6 Å². The lowest BCUT2D eigenvalue weighted by atomic mass is 9.80. The molecular weight excluding hydrogens is 490 g/mol. The zero-order valence-corrected chi connectivity index (χ0v) is 22.3. The first kappa shape index (κ1) is 31.0. The standard InChI is InChI=1S/C24H37N3O8S/c1-23(2,3)12-9-13(24(4,5)6)20(19(32)18(12)31)36-11-15(21(33)26-10-17(29)30)27-16(28)8-7-14(25)22(34)35/h9,14-15,31-32H,7-8,10-11,25H2,1-6H3,(H,26,33)(H,27,28)(H,29,30)(H,34,35). The van der Waals surface area contributed by atoms with Gasteiger partial charge in [-0.15, -0.1) is 11.8 Å². The molecule has 2 atom stereocenters. The molecule has 1 rings (SSSR count). The third-order valence-electron chi connectivity index (χ3n) is 5.30. The normalized spacial score (nSPS) is 13.5. The Morgan fingerprint density at radius 1 is 0.972 bits per heavy atom. The molecule has 0 aliphatic heterocycles. The average Bonchev–Trinajstić information content (AvgIpc) is 2.73. The van der Waals surface area contributed by atoms with Gasteiger partial charge in [0.2, 0.25) is 11.8 Å². The summed E-state index contributed by atoms with van der Waals surface area (Å²) in [7, 11) is 0. The van der Waals surface area contributed by atoms with Gasteiger partial charge >= 0.3 is 11.9 Å². The number of hydrogen-bond donors (Lipinski definition) is 7. The van der Waals surface area contributed by atoms with Crippen LogP contribution in [0.3, 0.4) is 0 Å². The highest BCUT2D eigenvalue weighted by molar-refractivity contribution is 7.99. The molecule has 0 aromatic heterocycles. The molecule has 0 heterocycles. The molecule has 1 aromatic carbocycles. The Morgan fingerprint density at radius 2 is 1.53 bits per heavy atom. The number of amides is 2. The second kappa shape index (κ2) is 12.3. The van der Waals surface area contributed by atoms with Crippen molar-refractivity contribution in [3.05, 3.63) is 17.2 Å². The van der Waals surface area contributed by atoms with Crippen LogP contribution in [0.15, 0.2) is 11.0 Å². The molecule has 12 heteroatoms. The lowest BCUT2D eigenvalue weighted by molar-refractivity contribution is -0.139. The molecule has 0 aliphatic rings. The second-order valence-corrected chi connectivity index (χ2v) is 11.6. The first-order chi connectivity index (χ1) is 16.4. The van der Waals surface area contributed by atoms with E-state index >= 15 is 0 Å². The van der Waals surface area contributed by atoms with Gasteiger partial charge in [-0.25, -0.2) is 0 Å². The van der Waals surface area contributed by atoms with Crippen LogP contribution in [0.5, 0.6) is 11.5 Å². The summed E-state index contributed by atoms with van der Waals surface area (Å²) >= 11 is 1.02. The number of aliphatic carboxylic acids is 2. The van der Waals surface area contributed by atoms with Gasteiger partial charge in [-0.1, -0.05) is 41.5 Å². The fourth-order valence-electron chi connectivity index (χ4n) is 3.23. The first-order valence-electron chi connectivity index (χ1n) is 11.4. The maximum absolute atomic E-state index is 12.6. The topological polar surface area (TPSA) is 199 Å². The second-order valence-electron chi connectivity index (χ2n) is 10.5. The van der Waals surface area contributed by atoms with Crippen LogP contribution in [0.2, 0.25) is 0 Å². The van der Waals surface area contributed by atoms with E-state index in [-0.39, 0.29) is 30.1 Å². The molecule has 0 radical (unpaired) electrons. The lowest BCUT2D eigenvalue weighted by Gasteiger charge is -2.29. The van der Waals surface area contributed by atoms with E-state index in [9.17, 15) is 29.4 Å². The minimum absolute atomic E-state index is 0.104. The van der Waals surface area contributed by atoms with Gasteiger partial charge in [0.25, 0.3) is 0 Å². The van der Waals surface area contributed by atoms with Crippen molar-refractivity contribution >= 4 is 35.5 Å². The van der Waals surface area contributed by atoms with Crippen LogP contribution in [-0.2, 0) is 30.0 Å². The monoisotopic (exact) mass is 527 g/mol. The van der Waals surface area contributed by atoms with Crippen LogP contribution in [0.25, 0.3) is 0 Å². The first-order valence-corrected chi connectivity index (χ1v) is 12.3. The van der Waals surface area contributed by atoms with Crippen molar-refractivity contribution in [3.63, 3.8) is 0 Å². The maximum Gasteiger partial charge on any atom is 0.322 e. The Morgan fingerprint density at radius 3 is 2.00 bits per heavy atom. The van der Waals surface area contributed by atoms with Gasteiger partial charge in [-0.2, -0.15) is 0 Å². The number of carboxylic acid groups (broad SMARTS) is 2. The van der Waals surface area contributed by atoms with E-state index in [1.807, 2.05) is 47.6 Å². The van der Waals surface area contributed by atoms with Crippen molar-refractivity contribution in [3.8, 4) is 11.5 Å². The Labute approximate surface area is 214 Å². The van der Waals surface area contributed by atoms with Crippen molar-refractivity contribution in [1.82, 2.24) is 10.6 Å². The van der Waals surface area contributed by atoms with E-state index in [0.717, 1.165) is 17.3 Å². The molecule has 0 spiro atoms. The number of phenols is 2. The van der Waals surface area contributed by atoms with Crippen molar-refractivity contribution in [2.24, 2.45) is 5.73 Å². The van der Waals surface area contributed by atoms with Crippen molar-refractivity contribution in [2.45, 2.75) is 82.2 Å². The highest BCUT2D eigenvalue weighted by Gasteiger charge is 2.31. The molecular formula is C24H37N3O8S. The van der Waals surface area contributed by atoms with E-state index in [2.05, 4.69) is 10.6 Å². The van der Waals surface area contributed by atoms with E-state index in [0.29, 0.717) is 10.5 Å². The van der Waals surface area contributed by atoms with E-state index in [1.54, 1.807) is 0 Å². The van der Waals surface area contributed by atoms with Gasteiger partial charge < -0.3 is 36.8 Å². The van der Waals surface area contributed by atoms with Crippen LogP contribution >= 0.6 is 11.8 Å². The van der Waals surface area contributed by atoms with Gasteiger partial charge in [0, 0.05) is 17.7 Å². The molecule has 2 amide bonds. The summed E-state index contributed by atoms with van der Waals surface area (Å²) in [5.74, 6) is -4.69. The number of nitrogens with one attached hydrogen (secondary N) is 2. The number of nitrogens with two attached hydrogens (primary N) is 1. The highest BCUT2D eigenvalue weighted by Crippen LogP contribution is 2.48. The summed E-state index contributed by atoms with van der Waals surface area (Å²) in [6.45, 7) is 10.8. The number of thioether (sulfide) groups is 1. The van der Waals surface area contributed by atoms with Crippen LogP contribution in [0.1, 0.15) is 65.5 Å². The summed E-state index contributed by atoms with van der Waals surface area (Å²) in [6.07, 6.45) is -0.421. The van der Waals surface area contributed by atoms with Gasteiger partial charge in [0.05, 0.1) is 4.90 Å². The molecule has 8 N–H and O–H groups in total. The summed E-state index contributed by atoms with van der Waals surface area (Å²) in [4.78, 5) is 47.1. The molecule has 1 aromatic rings. The molecule has 36 heavy (non-hydrogen) atoms. The highest BCUT2D eigenvalue weighted by atomic mass is 32.2. The molecule has 2 unspecified atom stereocenters. The third kappa shape index (κ3) is 8.90. The number of benzene rings is 1. The average molecular weight is 528 g/mol. The van der Waals surface area contributed by atoms with Crippen molar-refractivity contribution in [2.75, 3.05) is 12.3 Å². The van der Waals surface area contributed by atoms with E-state index in [4.69, 9.17) is 15.9 Å². The fraction of sp³-hybridized carbons (Fsp3) is 0.583. The number of carboxylic acids is 2. The number of rotatable bonds is 11. The van der Waals surface area contributed by atoms with E-state index < -0.39 is 53.2 Å². The molecule has 0 fully saturated rings. The van der Waals surface area contributed by atoms with Crippen LogP contribution in [-0.4, -0.2) is 68.6 Å². The van der Waals surface area contributed by atoms with Gasteiger partial charge in [0.1, 0.15) is 18.6 Å². The van der Waals surface area contributed by atoms with Gasteiger partial charge in [-0.3, -0.25) is 19.2 Å². The molecule has 0 aliphatic carbocycles. The zero-order valence-electron chi connectivity index (χ0n) is 21.5. The Balaban J connectivity index is 3.27. The fourth-order valence-corrected chi connectivity index (χ4v) is 4.55. The number of phenolic OH excluding ortho intramolecular Hbond substituents is 2. The number of carbonyl (C=O) groups excluding carboxylic acids is 2. The number of aromatic hydroxyl groups is 2. The Hall–Kier alpha value is -2.99. The van der Waals surface area contributed by atoms with Gasteiger partial charge in [-0.05, 0) is 28.9 Å². The summed E-state index contributed by atoms with van der Waals surface area (Å²) in [6, 6.07) is -0.650. The smallest absolute Gasteiger partial charge is 0.322 e. The lowest BCUT2D eigenvalue weighted by Crippen LogP contribution is -2.49. The minimum atomic E-state index is -1.27. The SMILES string of the molecule is CC(C)(C)c1cc(C(C)(C)C)c(SCC(NC(=O)CCC(N)C(=O)O)C(=O)NCC(=O)O)c(O)c1O. The summed E-state index contributed by atoms with van der Waals surface area (Å²) in [5, 5.41) is 44.0. The molecule has 11 nitrogen and oxygen atoms in total. The van der Waals surface area contributed by atoms with Gasteiger partial charge in [0.15, 0.2) is 11.5 Å². The predicted molar refractivity (Wildman–Crippen MR) is 135 cm³/mol. The third-order valence-corrected chi connectivity index (χ3v) is 6.51. The van der Waals surface area contributed by atoms with Crippen LogP contribution in [0.4, 0.5) is 0 Å². The van der Waals surface area contributed by atoms with Crippen LogP contribution in [0, 0.1) is 0 Å². The van der Waals surface area contributed by atoms with E-state index in [1.165, 1.54) is 0 Å². The predicted octanol–water partition coefficient (Wildman–Crippen LogP) is 1.66. The molecule has 0 saturated heterocycles. The summed E-state index contributed by atoms with van der Waals surface area (Å²) < 4.78 is 0. The zero-order chi connectivity index (χ0) is 28.0. The quantitative estimate of drug-likeness (QED) is 0.164. The number of carbonyl (C=O) groups is 4. The van der Waals surface area contributed by atoms with Crippen LogP contribution < -0.4 is 16.4 Å². The number of hydrogen-bond acceptors (Lipinski definition) is 8. The summed E-state index contributed by atoms with van der Waals surface area (Å²) in [5.41, 5.74) is 5.77. The Kier molecular flexibility index (Phi) is 10.6. The largest absolute Gasteiger partial charge is 0.504 e. The van der Waals surface area contributed by atoms with Crippen molar-refractivity contribution in [1.29, 1.82) is 0 Å². The molecule has 0 bridgehead atoms. The molecule has 202 valence electrons. The maximum atomic E-state index is 12.6. The minimum Gasteiger partial charge on any atom is -0.504 e. The Bertz CT molecular complexity index is 999. The molecule has 0 saturated carbocycles.